The van der Waals surface area contributed by atoms with Crippen LogP contribution in [0.5, 0.6) is 0 Å². The maximum atomic E-state index is 12.6. The second-order valence-electron chi connectivity index (χ2n) is 3.79. The number of halogens is 3. The first-order chi connectivity index (χ1) is 8.91. The molecule has 0 bridgehead atoms. The highest BCUT2D eigenvalue weighted by atomic mass is 19.4. The zero-order valence-electron chi connectivity index (χ0n) is 9.55. The van der Waals surface area contributed by atoms with Gasteiger partial charge >= 0.3 is 6.18 Å². The Morgan fingerprint density at radius 1 is 1.37 bits per heavy atom. The van der Waals surface area contributed by atoms with Gasteiger partial charge in [0.1, 0.15) is 6.10 Å². The molecule has 0 fully saturated rings. The molecule has 1 heterocycles. The van der Waals surface area contributed by atoms with Crippen LogP contribution in [0.4, 0.5) is 13.2 Å². The van der Waals surface area contributed by atoms with Gasteiger partial charge in [-0.3, -0.25) is 0 Å². The van der Waals surface area contributed by atoms with Gasteiger partial charge in [0.05, 0.1) is 5.56 Å². The van der Waals surface area contributed by atoms with Gasteiger partial charge in [-0.05, 0) is 12.1 Å². The summed E-state index contributed by atoms with van der Waals surface area (Å²) in [5.74, 6) is -0.163. The van der Waals surface area contributed by atoms with Crippen molar-refractivity contribution in [3.8, 4) is 11.4 Å². The summed E-state index contributed by atoms with van der Waals surface area (Å²) in [7, 11) is 0. The summed E-state index contributed by atoms with van der Waals surface area (Å²) in [4.78, 5) is 3.80. The summed E-state index contributed by atoms with van der Waals surface area (Å²) < 4.78 is 42.4. The van der Waals surface area contributed by atoms with E-state index in [2.05, 4.69) is 10.1 Å². The van der Waals surface area contributed by atoms with Crippen molar-refractivity contribution in [3.63, 3.8) is 0 Å². The van der Waals surface area contributed by atoms with Crippen LogP contribution < -0.4 is 5.73 Å². The normalized spacial score (nSPS) is 13.5. The average Bonchev–Trinajstić information content (AvgIpc) is 2.86. The number of nitrogens with zero attached hydrogens (tertiary/aromatic N) is 2. The van der Waals surface area contributed by atoms with Crippen LogP contribution in [0.3, 0.4) is 0 Å². The minimum atomic E-state index is -4.45. The molecule has 0 aliphatic heterocycles. The smallest absolute Gasteiger partial charge is 0.382 e. The van der Waals surface area contributed by atoms with Crippen molar-refractivity contribution in [1.29, 1.82) is 0 Å². The quantitative estimate of drug-likeness (QED) is 0.889. The summed E-state index contributed by atoms with van der Waals surface area (Å²) >= 11 is 0. The van der Waals surface area contributed by atoms with E-state index in [0.29, 0.717) is 0 Å². The summed E-state index contributed by atoms with van der Waals surface area (Å²) in [5, 5.41) is 12.9. The molecule has 0 aliphatic carbocycles. The first-order valence-electron chi connectivity index (χ1n) is 5.31. The molecule has 0 saturated heterocycles. The van der Waals surface area contributed by atoms with Gasteiger partial charge in [-0.15, -0.1) is 0 Å². The monoisotopic (exact) mass is 273 g/mol. The molecule has 102 valence electrons. The number of hydrogen-bond acceptors (Lipinski definition) is 5. The minimum absolute atomic E-state index is 0.0337. The Labute approximate surface area is 105 Å². The van der Waals surface area contributed by atoms with Crippen LogP contribution in [0.25, 0.3) is 11.4 Å². The van der Waals surface area contributed by atoms with E-state index in [1.807, 2.05) is 0 Å². The predicted octanol–water partition coefficient (Wildman–Crippen LogP) is 1.75. The van der Waals surface area contributed by atoms with Crippen molar-refractivity contribution in [2.24, 2.45) is 5.73 Å². The standard InChI is InChI=1S/C11H10F3N3O2/c12-11(13,14)7-3-1-2-6(4-7)9-16-10(19-17-9)8(18)5-15/h1-4,8,18H,5,15H2. The summed E-state index contributed by atoms with van der Waals surface area (Å²) in [6, 6.07) is 4.51. The van der Waals surface area contributed by atoms with E-state index >= 15 is 0 Å². The number of benzene rings is 1. The molecule has 1 aromatic carbocycles. The van der Waals surface area contributed by atoms with E-state index in [-0.39, 0.29) is 23.8 Å². The van der Waals surface area contributed by atoms with E-state index in [1.165, 1.54) is 12.1 Å². The van der Waals surface area contributed by atoms with Crippen LogP contribution in [-0.4, -0.2) is 21.8 Å². The molecule has 1 atom stereocenters. The molecule has 0 aliphatic rings. The predicted molar refractivity (Wildman–Crippen MR) is 58.8 cm³/mol. The lowest BCUT2D eigenvalue weighted by Gasteiger charge is -2.06. The van der Waals surface area contributed by atoms with Gasteiger partial charge in [-0.2, -0.15) is 18.2 Å². The van der Waals surface area contributed by atoms with Gasteiger partial charge in [0, 0.05) is 12.1 Å². The van der Waals surface area contributed by atoms with Crippen molar-refractivity contribution < 1.29 is 22.8 Å². The minimum Gasteiger partial charge on any atom is -0.382 e. The molecule has 1 unspecified atom stereocenters. The first-order valence-corrected chi connectivity index (χ1v) is 5.31. The lowest BCUT2D eigenvalue weighted by molar-refractivity contribution is -0.137. The Hall–Kier alpha value is -1.93. The van der Waals surface area contributed by atoms with Crippen LogP contribution in [0.15, 0.2) is 28.8 Å². The molecule has 2 rings (SSSR count). The number of aliphatic hydroxyl groups excluding tert-OH is 1. The Balaban J connectivity index is 2.34. The van der Waals surface area contributed by atoms with Gasteiger partial charge < -0.3 is 15.4 Å². The SMILES string of the molecule is NCC(O)c1nc(-c2cccc(C(F)(F)F)c2)no1. The van der Waals surface area contributed by atoms with E-state index in [1.54, 1.807) is 0 Å². The van der Waals surface area contributed by atoms with Crippen molar-refractivity contribution >= 4 is 0 Å². The molecule has 19 heavy (non-hydrogen) atoms. The topological polar surface area (TPSA) is 85.2 Å². The van der Waals surface area contributed by atoms with Crippen LogP contribution in [-0.2, 0) is 6.18 Å². The molecule has 1 aromatic heterocycles. The van der Waals surface area contributed by atoms with E-state index in [9.17, 15) is 18.3 Å². The molecule has 2 aromatic rings. The molecule has 3 N–H and O–H groups in total. The second kappa shape index (κ2) is 4.98. The number of alkyl halides is 3. The molecular weight excluding hydrogens is 263 g/mol. The molecule has 0 spiro atoms. The average molecular weight is 273 g/mol. The first kappa shape index (κ1) is 13.5. The van der Waals surface area contributed by atoms with Gasteiger partial charge in [0.2, 0.25) is 5.82 Å². The van der Waals surface area contributed by atoms with Crippen LogP contribution >= 0.6 is 0 Å². The summed E-state index contributed by atoms with van der Waals surface area (Å²) in [5.41, 5.74) is 4.54. The number of aromatic nitrogens is 2. The fourth-order valence-electron chi connectivity index (χ4n) is 1.42. The molecule has 0 amide bonds. The summed E-state index contributed by atoms with van der Waals surface area (Å²) in [6.45, 7) is -0.121. The van der Waals surface area contributed by atoms with Crippen LogP contribution in [0.1, 0.15) is 17.6 Å². The molecular formula is C11H10F3N3O2. The molecule has 8 heteroatoms. The third-order valence-corrected chi connectivity index (χ3v) is 2.40. The Bertz CT molecular complexity index is 568. The van der Waals surface area contributed by atoms with Crippen molar-refractivity contribution in [2.75, 3.05) is 6.54 Å². The third-order valence-electron chi connectivity index (χ3n) is 2.40. The Morgan fingerprint density at radius 2 is 2.11 bits per heavy atom. The van der Waals surface area contributed by atoms with Crippen LogP contribution in [0, 0.1) is 0 Å². The number of hydrogen-bond donors (Lipinski definition) is 2. The fourth-order valence-corrected chi connectivity index (χ4v) is 1.42. The fraction of sp³-hybridized carbons (Fsp3) is 0.273. The maximum absolute atomic E-state index is 12.6. The van der Waals surface area contributed by atoms with Gasteiger partial charge in [-0.1, -0.05) is 17.3 Å². The zero-order chi connectivity index (χ0) is 14.0. The number of nitrogens with two attached hydrogens (primary N) is 1. The largest absolute Gasteiger partial charge is 0.416 e. The molecule has 0 radical (unpaired) electrons. The maximum Gasteiger partial charge on any atom is 0.416 e. The molecule has 5 nitrogen and oxygen atoms in total. The Morgan fingerprint density at radius 3 is 2.74 bits per heavy atom. The second-order valence-corrected chi connectivity index (χ2v) is 3.79. The van der Waals surface area contributed by atoms with Crippen LogP contribution in [0.2, 0.25) is 0 Å². The van der Waals surface area contributed by atoms with Gasteiger partial charge in [-0.25, -0.2) is 0 Å². The number of rotatable bonds is 3. The van der Waals surface area contributed by atoms with E-state index in [0.717, 1.165) is 12.1 Å². The lowest BCUT2D eigenvalue weighted by atomic mass is 10.1. The van der Waals surface area contributed by atoms with E-state index in [4.69, 9.17) is 10.3 Å². The molecule has 0 saturated carbocycles. The third kappa shape index (κ3) is 2.91. The highest BCUT2D eigenvalue weighted by Crippen LogP contribution is 2.31. The van der Waals surface area contributed by atoms with E-state index < -0.39 is 17.8 Å². The van der Waals surface area contributed by atoms with Crippen molar-refractivity contribution in [3.05, 3.63) is 35.7 Å². The highest BCUT2D eigenvalue weighted by Gasteiger charge is 2.30. The Kier molecular flexibility index (Phi) is 3.54. The van der Waals surface area contributed by atoms with Crippen molar-refractivity contribution in [2.45, 2.75) is 12.3 Å². The highest BCUT2D eigenvalue weighted by molar-refractivity contribution is 5.55. The summed E-state index contributed by atoms with van der Waals surface area (Å²) in [6.07, 6.45) is -5.58. The lowest BCUT2D eigenvalue weighted by Crippen LogP contribution is -2.11. The van der Waals surface area contributed by atoms with Crippen molar-refractivity contribution in [1.82, 2.24) is 10.1 Å². The van der Waals surface area contributed by atoms with Gasteiger partial charge in [0.25, 0.3) is 5.89 Å². The van der Waals surface area contributed by atoms with Gasteiger partial charge in [0.15, 0.2) is 0 Å². The zero-order valence-corrected chi connectivity index (χ0v) is 9.55. The number of aliphatic hydroxyl groups is 1.